The quantitative estimate of drug-likeness (QED) is 0.414. The van der Waals surface area contributed by atoms with E-state index in [1.54, 1.807) is 13.3 Å². The number of benzene rings is 1. The summed E-state index contributed by atoms with van der Waals surface area (Å²) in [6.45, 7) is 7.49. The highest BCUT2D eigenvalue weighted by molar-refractivity contribution is 5.54. The molecule has 3 rings (SSSR count). The van der Waals surface area contributed by atoms with Gasteiger partial charge in [-0.3, -0.25) is 9.79 Å². The lowest BCUT2D eigenvalue weighted by atomic mass is 9.69. The molecule has 8 nitrogen and oxygen atoms in total. The molecule has 0 spiro atoms. The molecule has 1 aliphatic carbocycles. The summed E-state index contributed by atoms with van der Waals surface area (Å²) in [5.74, 6) is 1.05. The summed E-state index contributed by atoms with van der Waals surface area (Å²) >= 11 is 0. The summed E-state index contributed by atoms with van der Waals surface area (Å²) in [6, 6.07) is 10.6. The maximum absolute atomic E-state index is 11.6. The van der Waals surface area contributed by atoms with E-state index in [4.69, 9.17) is 4.74 Å². The lowest BCUT2D eigenvalue weighted by Crippen LogP contribution is -2.59. The molecule has 1 saturated carbocycles. The molecule has 1 heterocycles. The summed E-state index contributed by atoms with van der Waals surface area (Å²) in [7, 11) is 3.57. The van der Waals surface area contributed by atoms with Gasteiger partial charge in [0, 0.05) is 19.1 Å². The molecule has 0 bridgehead atoms. The van der Waals surface area contributed by atoms with Crippen molar-refractivity contribution >= 4 is 18.8 Å². The van der Waals surface area contributed by atoms with Crippen LogP contribution >= 0.6 is 0 Å². The van der Waals surface area contributed by atoms with Crippen LogP contribution in [0.15, 0.2) is 41.5 Å². The number of aromatic nitrogens is 2. The van der Waals surface area contributed by atoms with Gasteiger partial charge in [0.2, 0.25) is 12.3 Å². The van der Waals surface area contributed by atoms with Crippen molar-refractivity contribution in [1.29, 1.82) is 0 Å². The van der Waals surface area contributed by atoms with Gasteiger partial charge < -0.3 is 20.3 Å². The highest BCUT2D eigenvalue weighted by Gasteiger charge is 2.44. The average molecular weight is 439 g/mol. The number of aliphatic imine (C=N–C) groups is 1. The van der Waals surface area contributed by atoms with Crippen molar-refractivity contribution in [2.45, 2.75) is 50.2 Å². The van der Waals surface area contributed by atoms with E-state index >= 15 is 0 Å². The fourth-order valence-electron chi connectivity index (χ4n) is 4.81. The number of ether oxygens (including phenoxy) is 1. The predicted molar refractivity (Wildman–Crippen MR) is 127 cm³/mol. The molecule has 32 heavy (non-hydrogen) atoms. The van der Waals surface area contributed by atoms with Gasteiger partial charge in [-0.05, 0) is 44.5 Å². The molecule has 0 aliphatic heterocycles. The number of carbonyl (C=O) groups is 1. The molecule has 0 atom stereocenters. The molecule has 2 N–H and O–H groups in total. The van der Waals surface area contributed by atoms with Crippen LogP contribution < -0.4 is 20.3 Å². The highest BCUT2D eigenvalue weighted by atomic mass is 16.5. The SMILES string of the molecule is C=NCc1ncc(N(C)C[C@]2(NC=O)CC[C@](NCC)(c3ccccc3)CC2)c(OC)n1. The number of likely N-dealkylation sites (N-methyl/N-ethyl adjacent to an activating group) is 1. The number of hydrogen-bond donors (Lipinski definition) is 2. The second-order valence-corrected chi connectivity index (χ2v) is 8.44. The van der Waals surface area contributed by atoms with Gasteiger partial charge in [-0.2, -0.15) is 4.98 Å². The minimum atomic E-state index is -0.351. The van der Waals surface area contributed by atoms with Crippen LogP contribution in [-0.2, 0) is 16.9 Å². The van der Waals surface area contributed by atoms with Gasteiger partial charge >= 0.3 is 0 Å². The van der Waals surface area contributed by atoms with Crippen LogP contribution in [0.5, 0.6) is 5.88 Å². The minimum absolute atomic E-state index is 0.0806. The summed E-state index contributed by atoms with van der Waals surface area (Å²) in [5, 5.41) is 6.88. The largest absolute Gasteiger partial charge is 0.479 e. The van der Waals surface area contributed by atoms with Crippen LogP contribution in [-0.4, -0.2) is 55.9 Å². The van der Waals surface area contributed by atoms with E-state index in [0.29, 0.717) is 24.8 Å². The third-order valence-corrected chi connectivity index (χ3v) is 6.45. The van der Waals surface area contributed by atoms with Crippen LogP contribution in [0.3, 0.4) is 0 Å². The number of nitrogens with one attached hydrogen (secondary N) is 2. The Morgan fingerprint density at radius 3 is 2.56 bits per heavy atom. The van der Waals surface area contributed by atoms with Crippen molar-refractivity contribution in [3.63, 3.8) is 0 Å². The maximum Gasteiger partial charge on any atom is 0.240 e. The first-order chi connectivity index (χ1) is 15.5. The van der Waals surface area contributed by atoms with Crippen LogP contribution in [0.1, 0.15) is 44.0 Å². The predicted octanol–water partition coefficient (Wildman–Crippen LogP) is 2.69. The fourth-order valence-corrected chi connectivity index (χ4v) is 4.81. The zero-order valence-electron chi connectivity index (χ0n) is 19.3. The number of anilines is 1. The Bertz CT molecular complexity index is 897. The van der Waals surface area contributed by atoms with Gasteiger partial charge in [0.25, 0.3) is 0 Å². The van der Waals surface area contributed by atoms with Gasteiger partial charge in [0.1, 0.15) is 5.69 Å². The summed E-state index contributed by atoms with van der Waals surface area (Å²) in [6.07, 6.45) is 6.12. The lowest BCUT2D eigenvalue weighted by Gasteiger charge is -2.48. The number of rotatable bonds is 11. The van der Waals surface area contributed by atoms with Crippen molar-refractivity contribution in [2.24, 2.45) is 4.99 Å². The number of amides is 1. The molecule has 1 fully saturated rings. The summed E-state index contributed by atoms with van der Waals surface area (Å²) in [4.78, 5) is 26.3. The molecule has 1 amide bonds. The van der Waals surface area contributed by atoms with Gasteiger partial charge in [-0.25, -0.2) is 4.98 Å². The first-order valence-electron chi connectivity index (χ1n) is 11.1. The van der Waals surface area contributed by atoms with Crippen LogP contribution in [0.2, 0.25) is 0 Å². The van der Waals surface area contributed by atoms with Gasteiger partial charge in [0.15, 0.2) is 5.82 Å². The Morgan fingerprint density at radius 2 is 1.97 bits per heavy atom. The molecule has 1 aliphatic rings. The van der Waals surface area contributed by atoms with E-state index in [0.717, 1.165) is 44.3 Å². The lowest BCUT2D eigenvalue weighted by molar-refractivity contribution is -0.111. The zero-order chi connectivity index (χ0) is 23.0. The molecule has 172 valence electrons. The standard InChI is InChI=1S/C24H34N6O2/c1-5-27-24(19-9-7-6-8-10-19)13-11-23(12-14-24,28-18-31)17-30(3)20-15-26-21(16-25-2)29-22(20)32-4/h6-10,15,18,27H,2,5,11-14,16-17H2,1,3-4H3,(H,28,31)/t23-,24+. The molecule has 0 radical (unpaired) electrons. The van der Waals surface area contributed by atoms with Crippen molar-refractivity contribution < 1.29 is 9.53 Å². The smallest absolute Gasteiger partial charge is 0.240 e. The average Bonchev–Trinajstić information content (AvgIpc) is 2.82. The van der Waals surface area contributed by atoms with E-state index in [-0.39, 0.29) is 11.1 Å². The van der Waals surface area contributed by atoms with Crippen LogP contribution in [0, 0.1) is 0 Å². The van der Waals surface area contributed by atoms with E-state index in [1.165, 1.54) is 5.56 Å². The topological polar surface area (TPSA) is 91.7 Å². The first-order valence-corrected chi connectivity index (χ1v) is 11.1. The van der Waals surface area contributed by atoms with E-state index in [9.17, 15) is 4.79 Å². The molecule has 8 heteroatoms. The molecule has 1 aromatic carbocycles. The second kappa shape index (κ2) is 10.5. The summed E-state index contributed by atoms with van der Waals surface area (Å²) < 4.78 is 5.50. The van der Waals surface area contributed by atoms with E-state index in [1.807, 2.05) is 13.1 Å². The van der Waals surface area contributed by atoms with Gasteiger partial charge in [-0.1, -0.05) is 37.3 Å². The molecule has 0 unspecified atom stereocenters. The summed E-state index contributed by atoms with van der Waals surface area (Å²) in [5.41, 5.74) is 1.65. The first kappa shape index (κ1) is 23.7. The molecular weight excluding hydrogens is 404 g/mol. The zero-order valence-corrected chi connectivity index (χ0v) is 19.3. The Morgan fingerprint density at radius 1 is 1.25 bits per heavy atom. The number of hydrogen-bond acceptors (Lipinski definition) is 7. The molecule has 2 aromatic rings. The molecule has 0 saturated heterocycles. The van der Waals surface area contributed by atoms with Crippen molar-refractivity contribution in [2.75, 3.05) is 32.1 Å². The van der Waals surface area contributed by atoms with Crippen molar-refractivity contribution in [3.05, 3.63) is 47.9 Å². The third kappa shape index (κ3) is 5.07. The molecule has 1 aromatic heterocycles. The van der Waals surface area contributed by atoms with Crippen LogP contribution in [0.25, 0.3) is 0 Å². The Balaban J connectivity index is 1.81. The molecular formula is C24H34N6O2. The van der Waals surface area contributed by atoms with E-state index < -0.39 is 0 Å². The minimum Gasteiger partial charge on any atom is -0.479 e. The fraction of sp³-hybridized carbons (Fsp3) is 0.500. The van der Waals surface area contributed by atoms with Crippen LogP contribution in [0.4, 0.5) is 5.69 Å². The van der Waals surface area contributed by atoms with Crippen molar-refractivity contribution in [1.82, 2.24) is 20.6 Å². The van der Waals surface area contributed by atoms with Gasteiger partial charge in [-0.15, -0.1) is 0 Å². The number of methoxy groups -OCH3 is 1. The Labute approximate surface area is 190 Å². The monoisotopic (exact) mass is 438 g/mol. The van der Waals surface area contributed by atoms with Crippen molar-refractivity contribution in [3.8, 4) is 5.88 Å². The van der Waals surface area contributed by atoms with E-state index in [2.05, 4.69) is 68.4 Å². The third-order valence-electron chi connectivity index (χ3n) is 6.45. The highest BCUT2D eigenvalue weighted by Crippen LogP contribution is 2.42. The maximum atomic E-state index is 11.6. The second-order valence-electron chi connectivity index (χ2n) is 8.44. The Hall–Kier alpha value is -3.00. The van der Waals surface area contributed by atoms with Gasteiger partial charge in [0.05, 0.1) is 25.4 Å². The normalized spacial score (nSPS) is 22.7. The number of carbonyl (C=O) groups excluding carboxylic acids is 1. The number of nitrogens with zero attached hydrogens (tertiary/aromatic N) is 4. The Kier molecular flexibility index (Phi) is 7.80.